The maximum Gasteiger partial charge on any atom is 0.185 e. The second-order valence-electron chi connectivity index (χ2n) is 4.80. The summed E-state index contributed by atoms with van der Waals surface area (Å²) in [4.78, 5) is 13.7. The van der Waals surface area contributed by atoms with Gasteiger partial charge < -0.3 is 15.0 Å². The Kier molecular flexibility index (Phi) is 6.10. The van der Waals surface area contributed by atoms with Crippen LogP contribution < -0.4 is 10.2 Å². The molecule has 0 aromatic carbocycles. The van der Waals surface area contributed by atoms with Crippen LogP contribution in [0, 0.1) is 6.92 Å². The summed E-state index contributed by atoms with van der Waals surface area (Å²) < 4.78 is 5.26. The van der Waals surface area contributed by atoms with E-state index in [0.29, 0.717) is 6.61 Å². The van der Waals surface area contributed by atoms with Crippen molar-refractivity contribution in [3.05, 3.63) is 26.7 Å². The first-order chi connectivity index (χ1) is 10.2. The summed E-state index contributed by atoms with van der Waals surface area (Å²) in [5.41, 5.74) is 4.03. The molecule has 2 rings (SSSR count). The number of aryl methyl sites for hydroxylation is 1. The molecule has 0 fully saturated rings. The minimum atomic E-state index is 0.560. The first kappa shape index (κ1) is 16.4. The van der Waals surface area contributed by atoms with E-state index < -0.39 is 0 Å². The monoisotopic (exact) mass is 326 g/mol. The number of hydrogen-bond donors (Lipinski definition) is 1. The van der Waals surface area contributed by atoms with Gasteiger partial charge in [0, 0.05) is 30.5 Å². The van der Waals surface area contributed by atoms with Crippen LogP contribution in [0.25, 0.3) is 0 Å². The summed E-state index contributed by atoms with van der Waals surface area (Å²) in [5.74, 6) is 0. The van der Waals surface area contributed by atoms with Gasteiger partial charge in [0.05, 0.1) is 30.1 Å². The Morgan fingerprint density at radius 1 is 1.38 bits per heavy atom. The van der Waals surface area contributed by atoms with E-state index in [0.717, 1.165) is 36.2 Å². The van der Waals surface area contributed by atoms with Crippen LogP contribution in [0.5, 0.6) is 0 Å². The number of nitrogens with zero attached hydrogens (tertiary/aromatic N) is 3. The fourth-order valence-electron chi connectivity index (χ4n) is 1.92. The zero-order valence-electron chi connectivity index (χ0n) is 13.0. The van der Waals surface area contributed by atoms with Crippen molar-refractivity contribution in [2.75, 3.05) is 25.6 Å². The van der Waals surface area contributed by atoms with Crippen molar-refractivity contribution >= 4 is 27.8 Å². The molecule has 0 atom stereocenters. The van der Waals surface area contributed by atoms with Gasteiger partial charge in [0.25, 0.3) is 0 Å². The van der Waals surface area contributed by atoms with Crippen LogP contribution in [0.3, 0.4) is 0 Å². The van der Waals surface area contributed by atoms with Gasteiger partial charge in [-0.2, -0.15) is 0 Å². The lowest BCUT2D eigenvalue weighted by Crippen LogP contribution is -2.16. The van der Waals surface area contributed by atoms with Crippen molar-refractivity contribution in [3.63, 3.8) is 0 Å². The SMILES string of the molecule is CCNCc1sc(N(C)Cc2scnc2C)nc1COC. The molecule has 116 valence electrons. The molecule has 0 aliphatic heterocycles. The summed E-state index contributed by atoms with van der Waals surface area (Å²) >= 11 is 3.43. The summed E-state index contributed by atoms with van der Waals surface area (Å²) in [6, 6.07) is 0. The highest BCUT2D eigenvalue weighted by Crippen LogP contribution is 2.28. The second-order valence-corrected chi connectivity index (χ2v) is 6.80. The zero-order valence-corrected chi connectivity index (χ0v) is 14.6. The fraction of sp³-hybridized carbons (Fsp3) is 0.571. The van der Waals surface area contributed by atoms with Crippen LogP contribution in [-0.2, 0) is 24.4 Å². The molecule has 0 amide bonds. The van der Waals surface area contributed by atoms with Gasteiger partial charge in [-0.25, -0.2) is 9.97 Å². The topological polar surface area (TPSA) is 50.3 Å². The van der Waals surface area contributed by atoms with Gasteiger partial charge in [-0.05, 0) is 13.5 Å². The van der Waals surface area contributed by atoms with Gasteiger partial charge in [0.1, 0.15) is 0 Å². The molecule has 2 heterocycles. The van der Waals surface area contributed by atoms with E-state index >= 15 is 0 Å². The molecule has 0 spiro atoms. The Bertz CT molecular complexity index is 567. The number of ether oxygens (including phenoxy) is 1. The molecule has 1 N–H and O–H groups in total. The summed E-state index contributed by atoms with van der Waals surface area (Å²) in [7, 11) is 3.78. The molecule has 2 aromatic rings. The third kappa shape index (κ3) is 4.23. The quantitative estimate of drug-likeness (QED) is 0.808. The summed E-state index contributed by atoms with van der Waals surface area (Å²) in [5, 5.41) is 4.39. The minimum absolute atomic E-state index is 0.560. The van der Waals surface area contributed by atoms with E-state index in [1.54, 1.807) is 29.8 Å². The van der Waals surface area contributed by atoms with E-state index in [2.05, 4.69) is 36.1 Å². The van der Waals surface area contributed by atoms with E-state index in [1.807, 2.05) is 5.51 Å². The van der Waals surface area contributed by atoms with E-state index in [4.69, 9.17) is 9.72 Å². The van der Waals surface area contributed by atoms with Crippen molar-refractivity contribution in [2.45, 2.75) is 33.5 Å². The molecule has 5 nitrogen and oxygen atoms in total. The lowest BCUT2D eigenvalue weighted by molar-refractivity contribution is 0.181. The van der Waals surface area contributed by atoms with Gasteiger partial charge in [0.2, 0.25) is 0 Å². The highest BCUT2D eigenvalue weighted by molar-refractivity contribution is 7.15. The van der Waals surface area contributed by atoms with Crippen molar-refractivity contribution in [1.29, 1.82) is 0 Å². The Hall–Kier alpha value is -1.02. The molecule has 21 heavy (non-hydrogen) atoms. The molecule has 0 aliphatic rings. The smallest absolute Gasteiger partial charge is 0.185 e. The number of hydrogen-bond acceptors (Lipinski definition) is 7. The number of thiazole rings is 2. The van der Waals surface area contributed by atoms with E-state index in [1.165, 1.54) is 9.75 Å². The van der Waals surface area contributed by atoms with Gasteiger partial charge in [0.15, 0.2) is 5.13 Å². The Balaban J connectivity index is 2.12. The fourth-order valence-corrected chi connectivity index (χ4v) is 3.74. The number of nitrogens with one attached hydrogen (secondary N) is 1. The third-order valence-corrected chi connectivity index (χ3v) is 5.27. The second kappa shape index (κ2) is 7.84. The van der Waals surface area contributed by atoms with Crippen LogP contribution in [-0.4, -0.2) is 30.7 Å². The normalized spacial score (nSPS) is 11.0. The molecule has 0 bridgehead atoms. The Morgan fingerprint density at radius 3 is 2.81 bits per heavy atom. The average molecular weight is 326 g/mol. The number of rotatable bonds is 8. The van der Waals surface area contributed by atoms with E-state index in [9.17, 15) is 0 Å². The van der Waals surface area contributed by atoms with Crippen molar-refractivity contribution in [2.24, 2.45) is 0 Å². The largest absolute Gasteiger partial charge is 0.378 e. The molecule has 0 unspecified atom stereocenters. The molecule has 0 aliphatic carbocycles. The summed E-state index contributed by atoms with van der Waals surface area (Å²) in [6.45, 7) is 7.36. The highest BCUT2D eigenvalue weighted by Gasteiger charge is 2.15. The van der Waals surface area contributed by atoms with Crippen molar-refractivity contribution in [1.82, 2.24) is 15.3 Å². The molecule has 0 saturated carbocycles. The number of anilines is 1. The lowest BCUT2D eigenvalue weighted by atomic mass is 10.3. The number of methoxy groups -OCH3 is 1. The highest BCUT2D eigenvalue weighted by atomic mass is 32.1. The van der Waals surface area contributed by atoms with Gasteiger partial charge >= 0.3 is 0 Å². The maximum absolute atomic E-state index is 5.26. The molecule has 7 heteroatoms. The maximum atomic E-state index is 5.26. The van der Waals surface area contributed by atoms with Crippen molar-refractivity contribution < 1.29 is 4.74 Å². The van der Waals surface area contributed by atoms with Crippen LogP contribution in [0.4, 0.5) is 5.13 Å². The van der Waals surface area contributed by atoms with Crippen LogP contribution in [0.15, 0.2) is 5.51 Å². The van der Waals surface area contributed by atoms with Crippen LogP contribution in [0.1, 0.15) is 28.1 Å². The van der Waals surface area contributed by atoms with Crippen LogP contribution >= 0.6 is 22.7 Å². The molecular weight excluding hydrogens is 304 g/mol. The first-order valence-corrected chi connectivity index (χ1v) is 8.63. The standard InChI is InChI=1S/C14H22N4OS2/c1-5-15-6-12-11(8-19-4)17-14(21-12)18(3)7-13-10(2)16-9-20-13/h9,15H,5-8H2,1-4H3. The number of aromatic nitrogens is 2. The Morgan fingerprint density at radius 2 is 2.19 bits per heavy atom. The predicted octanol–water partition coefficient (Wildman–Crippen LogP) is 2.80. The Labute approximate surface area is 134 Å². The molecule has 2 aromatic heterocycles. The summed E-state index contributed by atoms with van der Waals surface area (Å²) in [6.07, 6.45) is 0. The van der Waals surface area contributed by atoms with Gasteiger partial charge in [-0.3, -0.25) is 0 Å². The van der Waals surface area contributed by atoms with Crippen LogP contribution in [0.2, 0.25) is 0 Å². The van der Waals surface area contributed by atoms with E-state index in [-0.39, 0.29) is 0 Å². The average Bonchev–Trinajstić information content (AvgIpc) is 3.04. The van der Waals surface area contributed by atoms with Gasteiger partial charge in [-0.1, -0.05) is 6.92 Å². The van der Waals surface area contributed by atoms with Gasteiger partial charge in [-0.15, -0.1) is 22.7 Å². The predicted molar refractivity (Wildman–Crippen MR) is 89.2 cm³/mol. The van der Waals surface area contributed by atoms with Crippen molar-refractivity contribution in [3.8, 4) is 0 Å². The third-order valence-electron chi connectivity index (χ3n) is 3.14. The minimum Gasteiger partial charge on any atom is -0.378 e. The lowest BCUT2D eigenvalue weighted by Gasteiger charge is -2.14. The zero-order chi connectivity index (χ0) is 15.2. The molecule has 0 saturated heterocycles. The first-order valence-electron chi connectivity index (χ1n) is 6.94. The molecule has 0 radical (unpaired) electrons. The molecular formula is C14H22N4OS2.